The van der Waals surface area contributed by atoms with E-state index in [1.54, 1.807) is 0 Å². The molecule has 10 nitrogen and oxygen atoms in total. The van der Waals surface area contributed by atoms with Gasteiger partial charge < -0.3 is 5.11 Å². The predicted molar refractivity (Wildman–Crippen MR) is 37.0 cm³/mol. The van der Waals surface area contributed by atoms with Crippen molar-refractivity contribution in [2.45, 2.75) is 0 Å². The van der Waals surface area contributed by atoms with Crippen LogP contribution < -0.4 is 0 Å². The first kappa shape index (κ1) is 18.1. The van der Waals surface area contributed by atoms with Crippen molar-refractivity contribution < 1.29 is 44.9 Å². The molecule has 82 valence electrons. The summed E-state index contributed by atoms with van der Waals surface area (Å²) in [5.74, 6) is 0. The molecule has 0 aliphatic rings. The average Bonchev–Trinajstić information content (AvgIpc) is 1.52. The Kier molecular flexibility index (Phi) is 10.9. The maximum atomic E-state index is 8.74. The fourth-order valence-corrected chi connectivity index (χ4v) is 0. The first-order chi connectivity index (χ1) is 5.41. The molecule has 0 rings (SSSR count). The summed E-state index contributed by atoms with van der Waals surface area (Å²) in [5.41, 5.74) is 0. The molecular weight excluding hydrogens is 236 g/mol. The highest BCUT2D eigenvalue weighted by molar-refractivity contribution is 7.80. The Balaban J connectivity index is -0.000000120. The highest BCUT2D eigenvalue weighted by Gasteiger charge is 1.85. The summed E-state index contributed by atoms with van der Waals surface area (Å²) in [6.45, 7) is -0.250. The lowest BCUT2D eigenvalue weighted by molar-refractivity contribution is -0.122. The zero-order chi connectivity index (χ0) is 11.7. The van der Waals surface area contributed by atoms with Crippen molar-refractivity contribution in [3.8, 4) is 0 Å². The molecule has 12 heteroatoms. The summed E-state index contributed by atoms with van der Waals surface area (Å²) in [7, 11) is -9.33. The van der Waals surface area contributed by atoms with Crippen LogP contribution >= 0.6 is 0 Å². The van der Waals surface area contributed by atoms with Gasteiger partial charge in [0.2, 0.25) is 0 Å². The summed E-state index contributed by atoms with van der Waals surface area (Å²) in [4.78, 5) is 8.36. The predicted octanol–water partition coefficient (Wildman–Crippen LogP) is -1.60. The third-order valence-corrected chi connectivity index (χ3v) is 0. The summed E-state index contributed by atoms with van der Waals surface area (Å²) in [6, 6.07) is 0. The monoisotopic (exact) mass is 242 g/mol. The van der Waals surface area contributed by atoms with Crippen LogP contribution in [-0.2, 0) is 25.6 Å². The summed E-state index contributed by atoms with van der Waals surface area (Å²) in [6.07, 6.45) is 0. The molecule has 0 aliphatic heterocycles. The minimum absolute atomic E-state index is 0.250. The number of hydrogen-bond donors (Lipinski definition) is 5. The quantitative estimate of drug-likeness (QED) is 0.244. The molecule has 0 radical (unpaired) electrons. The van der Waals surface area contributed by atoms with Crippen molar-refractivity contribution in [2.75, 3.05) is 0 Å². The Labute approximate surface area is 73.0 Å². The van der Waals surface area contributed by atoms with E-state index in [0.717, 1.165) is 0 Å². The van der Waals surface area contributed by atoms with E-state index in [1.165, 1.54) is 0 Å². The Morgan fingerprint density at radius 1 is 0.769 bits per heavy atom. The summed E-state index contributed by atoms with van der Waals surface area (Å²) >= 11 is 0. The molecule has 0 aromatic rings. The molecule has 0 unspecified atom stereocenters. The minimum atomic E-state index is -4.67. The summed E-state index contributed by atoms with van der Waals surface area (Å²) in [5, 5.41) is 6.89. The largest absolute Gasteiger partial charge is 0.483 e. The van der Waals surface area contributed by atoms with Gasteiger partial charge in [0.25, 0.3) is 6.47 Å². The topological polar surface area (TPSA) is 186 Å². The summed E-state index contributed by atoms with van der Waals surface area (Å²) < 4.78 is 63.2. The van der Waals surface area contributed by atoms with E-state index in [0.29, 0.717) is 0 Å². The van der Waals surface area contributed by atoms with Gasteiger partial charge >= 0.3 is 20.8 Å². The Bertz CT molecular complexity index is 246. The Morgan fingerprint density at radius 3 is 0.769 bits per heavy atom. The van der Waals surface area contributed by atoms with E-state index in [-0.39, 0.29) is 6.47 Å². The van der Waals surface area contributed by atoms with Gasteiger partial charge in [0.05, 0.1) is 0 Å². The third kappa shape index (κ3) is 1520. The lowest BCUT2D eigenvalue weighted by Gasteiger charge is -1.68. The van der Waals surface area contributed by atoms with E-state index in [2.05, 4.69) is 0 Å². The first-order valence-corrected chi connectivity index (χ1v) is 4.68. The molecule has 0 aromatic heterocycles. The van der Waals surface area contributed by atoms with Gasteiger partial charge in [0, 0.05) is 0 Å². The van der Waals surface area contributed by atoms with Gasteiger partial charge in [-0.05, 0) is 0 Å². The molecule has 0 heterocycles. The van der Waals surface area contributed by atoms with Crippen LogP contribution in [0.2, 0.25) is 0 Å². The number of carbonyl (C=O) groups is 1. The van der Waals surface area contributed by atoms with Crippen LogP contribution in [-0.4, -0.2) is 46.6 Å². The van der Waals surface area contributed by atoms with Gasteiger partial charge in [-0.25, -0.2) is 0 Å². The zero-order valence-corrected chi connectivity index (χ0v) is 7.30. The molecule has 13 heavy (non-hydrogen) atoms. The smallest absolute Gasteiger partial charge is 0.394 e. The Morgan fingerprint density at radius 2 is 0.769 bits per heavy atom. The van der Waals surface area contributed by atoms with Crippen LogP contribution in [0.1, 0.15) is 0 Å². The highest BCUT2D eigenvalue weighted by atomic mass is 32.3. The van der Waals surface area contributed by atoms with Gasteiger partial charge in [-0.2, -0.15) is 16.8 Å². The molecule has 0 aliphatic carbocycles. The molecule has 0 aromatic carbocycles. The maximum absolute atomic E-state index is 8.74. The fraction of sp³-hybridized carbons (Fsp3) is 0. The van der Waals surface area contributed by atoms with Crippen LogP contribution in [0.4, 0.5) is 0 Å². The van der Waals surface area contributed by atoms with Gasteiger partial charge in [-0.15, -0.1) is 0 Å². The van der Waals surface area contributed by atoms with Crippen molar-refractivity contribution >= 4 is 27.3 Å². The van der Waals surface area contributed by atoms with Crippen molar-refractivity contribution in [3.05, 3.63) is 0 Å². The molecule has 0 spiro atoms. The lowest BCUT2D eigenvalue weighted by Crippen LogP contribution is -1.89. The van der Waals surface area contributed by atoms with Gasteiger partial charge in [-0.3, -0.25) is 23.0 Å². The van der Waals surface area contributed by atoms with Gasteiger partial charge in [0.15, 0.2) is 0 Å². The van der Waals surface area contributed by atoms with Crippen molar-refractivity contribution in [1.82, 2.24) is 0 Å². The zero-order valence-electron chi connectivity index (χ0n) is 5.67. The third-order valence-electron chi connectivity index (χ3n) is 0. The lowest BCUT2D eigenvalue weighted by atomic mass is 11.7. The van der Waals surface area contributed by atoms with Crippen molar-refractivity contribution in [2.24, 2.45) is 0 Å². The second-order valence-electron chi connectivity index (χ2n) is 1.00. The number of rotatable bonds is 0. The molecule has 0 saturated heterocycles. The van der Waals surface area contributed by atoms with E-state index in [9.17, 15) is 0 Å². The highest BCUT2D eigenvalue weighted by Crippen LogP contribution is 1.59. The average molecular weight is 242 g/mol. The molecule has 0 atom stereocenters. The van der Waals surface area contributed by atoms with E-state index in [4.69, 9.17) is 44.9 Å². The molecule has 0 fully saturated rings. The molecule has 0 amide bonds. The van der Waals surface area contributed by atoms with Gasteiger partial charge in [0.1, 0.15) is 0 Å². The van der Waals surface area contributed by atoms with E-state index in [1.807, 2.05) is 0 Å². The van der Waals surface area contributed by atoms with Crippen LogP contribution in [0.5, 0.6) is 0 Å². The molecule has 5 N–H and O–H groups in total. The molecule has 0 saturated carbocycles. The van der Waals surface area contributed by atoms with E-state index < -0.39 is 20.8 Å². The maximum Gasteiger partial charge on any atom is 0.394 e. The van der Waals surface area contributed by atoms with Crippen LogP contribution in [0.3, 0.4) is 0 Å². The second-order valence-corrected chi connectivity index (χ2v) is 2.79. The number of carboxylic acid groups (broad SMARTS) is 1. The minimum Gasteiger partial charge on any atom is -0.483 e. The van der Waals surface area contributed by atoms with Crippen molar-refractivity contribution in [1.29, 1.82) is 0 Å². The molecular formula is CH6O10S2. The standard InChI is InChI=1S/CH2O2.2H2O4S/c2-1-3;2*1-5(2,3)4/h1H,(H,2,3);2*(H2,1,2,3,4). The SMILES string of the molecule is O=CO.O=S(=O)(O)O.O=S(=O)(O)O. The van der Waals surface area contributed by atoms with E-state index >= 15 is 0 Å². The first-order valence-electron chi connectivity index (χ1n) is 1.89. The van der Waals surface area contributed by atoms with Crippen molar-refractivity contribution in [3.63, 3.8) is 0 Å². The van der Waals surface area contributed by atoms with Crippen LogP contribution in [0.25, 0.3) is 0 Å². The Hall–Kier alpha value is -0.790. The van der Waals surface area contributed by atoms with Crippen LogP contribution in [0.15, 0.2) is 0 Å². The normalized spacial score (nSPS) is 9.85. The molecule has 0 bridgehead atoms. The fourth-order valence-electron chi connectivity index (χ4n) is 0. The van der Waals surface area contributed by atoms with Crippen LogP contribution in [0, 0.1) is 0 Å². The van der Waals surface area contributed by atoms with Gasteiger partial charge in [-0.1, -0.05) is 0 Å². The number of hydrogen-bond acceptors (Lipinski definition) is 5. The second kappa shape index (κ2) is 7.84.